The van der Waals surface area contributed by atoms with Crippen LogP contribution in [0.1, 0.15) is 76.7 Å². The van der Waals surface area contributed by atoms with Crippen LogP contribution in [0.25, 0.3) is 0 Å². The molecule has 0 bridgehead atoms. The molecule has 0 heterocycles. The van der Waals surface area contributed by atoms with Crippen molar-refractivity contribution >= 4 is 9.47 Å². The molecule has 0 amide bonds. The third-order valence-corrected chi connectivity index (χ3v) is 4.15. The van der Waals surface area contributed by atoms with E-state index in [4.69, 9.17) is 4.52 Å². The summed E-state index contributed by atoms with van der Waals surface area (Å²) in [5.74, 6) is 0.918. The van der Waals surface area contributed by atoms with E-state index in [1.54, 1.807) is 0 Å². The van der Waals surface area contributed by atoms with Crippen LogP contribution < -0.4 is 4.52 Å². The average molecular weight is 294 g/mol. The summed E-state index contributed by atoms with van der Waals surface area (Å²) in [7, 11) is 2.28. The highest BCUT2D eigenvalue weighted by atomic mass is 31.0. The zero-order valence-electron chi connectivity index (χ0n) is 13.1. The summed E-state index contributed by atoms with van der Waals surface area (Å²) < 4.78 is 5.09. The van der Waals surface area contributed by atoms with Gasteiger partial charge in [0.15, 0.2) is 0 Å². The van der Waals surface area contributed by atoms with Crippen LogP contribution in [0.15, 0.2) is 24.3 Å². The quantitative estimate of drug-likeness (QED) is 0.324. The van der Waals surface area contributed by atoms with Crippen molar-refractivity contribution in [3.8, 4) is 5.75 Å². The third kappa shape index (κ3) is 8.59. The van der Waals surface area contributed by atoms with Gasteiger partial charge in [-0.05, 0) is 30.5 Å². The molecular weight excluding hydrogens is 263 g/mol. The molecule has 0 radical (unpaired) electrons. The molecule has 114 valence electrons. The zero-order valence-corrected chi connectivity index (χ0v) is 14.2. The summed E-state index contributed by atoms with van der Waals surface area (Å²) in [4.78, 5) is 0. The predicted molar refractivity (Wildman–Crippen MR) is 92.3 cm³/mol. The summed E-state index contributed by atoms with van der Waals surface area (Å²) in [6, 6.07) is 8.43. The fraction of sp³-hybridized carbons (Fsp3) is 0.667. The largest absolute Gasteiger partial charge is 0.480 e. The van der Waals surface area contributed by atoms with Crippen LogP contribution >= 0.6 is 9.47 Å². The molecule has 0 fully saturated rings. The van der Waals surface area contributed by atoms with E-state index in [0.29, 0.717) is 0 Å². The Balaban J connectivity index is 1.91. The monoisotopic (exact) mass is 294 g/mol. The van der Waals surface area contributed by atoms with Crippen molar-refractivity contribution in [1.29, 1.82) is 0 Å². The Morgan fingerprint density at radius 1 is 0.750 bits per heavy atom. The van der Waals surface area contributed by atoms with Crippen LogP contribution in [0.3, 0.4) is 0 Å². The summed E-state index contributed by atoms with van der Waals surface area (Å²) >= 11 is 0. The van der Waals surface area contributed by atoms with Gasteiger partial charge >= 0.3 is 0 Å². The molecule has 0 aliphatic heterocycles. The molecule has 1 aromatic carbocycles. The number of hydrogen-bond donors (Lipinski definition) is 0. The van der Waals surface area contributed by atoms with Gasteiger partial charge < -0.3 is 4.52 Å². The van der Waals surface area contributed by atoms with Gasteiger partial charge in [-0.3, -0.25) is 0 Å². The highest BCUT2D eigenvalue weighted by Crippen LogP contribution is 2.16. The maximum absolute atomic E-state index is 5.09. The third-order valence-electron chi connectivity index (χ3n) is 3.88. The Kier molecular flexibility index (Phi) is 10.7. The van der Waals surface area contributed by atoms with Crippen LogP contribution in [0.2, 0.25) is 0 Å². The molecule has 1 atom stereocenters. The fourth-order valence-electron chi connectivity index (χ4n) is 2.55. The van der Waals surface area contributed by atoms with Gasteiger partial charge in [-0.2, -0.15) is 0 Å². The molecular formula is C18H31OP. The van der Waals surface area contributed by atoms with Crippen molar-refractivity contribution in [2.24, 2.45) is 0 Å². The van der Waals surface area contributed by atoms with Crippen molar-refractivity contribution in [3.63, 3.8) is 0 Å². The van der Waals surface area contributed by atoms with E-state index in [1.165, 1.54) is 76.2 Å². The molecule has 0 spiro atoms. The van der Waals surface area contributed by atoms with Gasteiger partial charge in [-0.25, -0.2) is 0 Å². The molecule has 1 rings (SSSR count). The second kappa shape index (κ2) is 12.2. The summed E-state index contributed by atoms with van der Waals surface area (Å²) in [6.07, 6.45) is 15.2. The van der Waals surface area contributed by atoms with E-state index in [1.807, 2.05) is 12.1 Å². The van der Waals surface area contributed by atoms with Gasteiger partial charge in [0.1, 0.15) is 5.75 Å². The Morgan fingerprint density at radius 3 is 1.75 bits per heavy atom. The maximum atomic E-state index is 5.09. The van der Waals surface area contributed by atoms with Gasteiger partial charge in [0.2, 0.25) is 0 Å². The highest BCUT2D eigenvalue weighted by Gasteiger charge is 1.96. The zero-order chi connectivity index (χ0) is 14.5. The molecule has 0 aliphatic rings. The van der Waals surface area contributed by atoms with Crippen molar-refractivity contribution in [2.75, 3.05) is 0 Å². The van der Waals surface area contributed by atoms with Crippen LogP contribution in [0, 0.1) is 0 Å². The minimum absolute atomic E-state index is 0.918. The first kappa shape index (κ1) is 17.5. The van der Waals surface area contributed by atoms with E-state index in [2.05, 4.69) is 28.5 Å². The standard InChI is InChI=1S/C18H31OP/c1-2-3-4-5-6-7-8-9-10-11-12-17-13-15-18(19-20)16-14-17/h13-16H,2-12,20H2,1H3. The molecule has 2 heteroatoms. The molecule has 0 aromatic heterocycles. The predicted octanol–water partition coefficient (Wildman–Crippen LogP) is 6.32. The lowest BCUT2D eigenvalue weighted by molar-refractivity contribution is 0.556. The lowest BCUT2D eigenvalue weighted by atomic mass is 10.0. The Hall–Kier alpha value is -0.550. The SMILES string of the molecule is CCCCCCCCCCCCc1ccc(OP)cc1. The van der Waals surface area contributed by atoms with Gasteiger partial charge in [-0.1, -0.05) is 76.8 Å². The minimum atomic E-state index is 0.918. The van der Waals surface area contributed by atoms with E-state index in [9.17, 15) is 0 Å². The topological polar surface area (TPSA) is 9.23 Å². The van der Waals surface area contributed by atoms with Crippen molar-refractivity contribution in [2.45, 2.75) is 77.6 Å². The van der Waals surface area contributed by atoms with Crippen LogP contribution in [-0.2, 0) is 6.42 Å². The Labute approximate surface area is 127 Å². The summed E-state index contributed by atoms with van der Waals surface area (Å²) in [6.45, 7) is 2.28. The average Bonchev–Trinajstić information content (AvgIpc) is 2.50. The maximum Gasteiger partial charge on any atom is 0.122 e. The molecule has 0 saturated carbocycles. The van der Waals surface area contributed by atoms with Crippen molar-refractivity contribution < 1.29 is 4.52 Å². The van der Waals surface area contributed by atoms with Gasteiger partial charge in [0, 0.05) is 0 Å². The van der Waals surface area contributed by atoms with E-state index >= 15 is 0 Å². The molecule has 0 saturated heterocycles. The number of hydrogen-bond acceptors (Lipinski definition) is 1. The number of aryl methyl sites for hydroxylation is 1. The summed E-state index contributed by atoms with van der Waals surface area (Å²) in [5, 5.41) is 0. The highest BCUT2D eigenvalue weighted by molar-refractivity contribution is 7.10. The van der Waals surface area contributed by atoms with Crippen molar-refractivity contribution in [1.82, 2.24) is 0 Å². The summed E-state index contributed by atoms with van der Waals surface area (Å²) in [5.41, 5.74) is 1.43. The normalized spacial score (nSPS) is 10.7. The molecule has 0 aliphatic carbocycles. The van der Waals surface area contributed by atoms with E-state index < -0.39 is 0 Å². The molecule has 0 N–H and O–H groups in total. The molecule has 20 heavy (non-hydrogen) atoms. The second-order valence-electron chi connectivity index (χ2n) is 5.69. The lowest BCUT2D eigenvalue weighted by Crippen LogP contribution is -1.87. The lowest BCUT2D eigenvalue weighted by Gasteiger charge is -2.04. The second-order valence-corrected chi connectivity index (χ2v) is 5.93. The van der Waals surface area contributed by atoms with Crippen LogP contribution in [0.4, 0.5) is 0 Å². The minimum Gasteiger partial charge on any atom is -0.480 e. The molecule has 1 nitrogen and oxygen atoms in total. The van der Waals surface area contributed by atoms with E-state index in [-0.39, 0.29) is 0 Å². The van der Waals surface area contributed by atoms with Crippen LogP contribution in [0.5, 0.6) is 5.75 Å². The number of benzene rings is 1. The number of unbranched alkanes of at least 4 members (excludes halogenated alkanes) is 9. The Morgan fingerprint density at radius 2 is 1.25 bits per heavy atom. The van der Waals surface area contributed by atoms with Gasteiger partial charge in [-0.15, -0.1) is 0 Å². The van der Waals surface area contributed by atoms with E-state index in [0.717, 1.165) is 5.75 Å². The number of rotatable bonds is 12. The van der Waals surface area contributed by atoms with Gasteiger partial charge in [0.25, 0.3) is 0 Å². The first-order valence-corrected chi connectivity index (χ1v) is 8.79. The first-order chi connectivity index (χ1) is 9.86. The molecule has 1 unspecified atom stereocenters. The fourth-order valence-corrected chi connectivity index (χ4v) is 2.71. The molecule has 1 aromatic rings. The smallest absolute Gasteiger partial charge is 0.122 e. The van der Waals surface area contributed by atoms with Crippen molar-refractivity contribution in [3.05, 3.63) is 29.8 Å². The van der Waals surface area contributed by atoms with Gasteiger partial charge in [0.05, 0.1) is 9.47 Å². The first-order valence-electron chi connectivity index (χ1n) is 8.32. The van der Waals surface area contributed by atoms with Crippen LogP contribution in [-0.4, -0.2) is 0 Å². The Bertz CT molecular complexity index is 321.